The first-order chi connectivity index (χ1) is 11.6. The van der Waals surface area contributed by atoms with Gasteiger partial charge in [0.25, 0.3) is 0 Å². The van der Waals surface area contributed by atoms with E-state index in [1.165, 1.54) is 28.7 Å². The van der Waals surface area contributed by atoms with Crippen LogP contribution in [0.3, 0.4) is 0 Å². The van der Waals surface area contributed by atoms with Gasteiger partial charge in [0.15, 0.2) is 4.47 Å². The minimum atomic E-state index is -0.333. The second kappa shape index (κ2) is 6.37. The van der Waals surface area contributed by atoms with Crippen molar-refractivity contribution in [3.63, 3.8) is 0 Å². The fourth-order valence-electron chi connectivity index (χ4n) is 3.89. The second-order valence-corrected chi connectivity index (χ2v) is 8.08. The van der Waals surface area contributed by atoms with Gasteiger partial charge in [-0.15, -0.1) is 11.3 Å². The molecule has 24 heavy (non-hydrogen) atoms. The maximum atomic E-state index is 11.4. The van der Waals surface area contributed by atoms with Gasteiger partial charge < -0.3 is 10.1 Å². The van der Waals surface area contributed by atoms with E-state index in [4.69, 9.17) is 16.3 Å². The molecular formula is C18H19ClN2O2S. The average molecular weight is 363 g/mol. The first-order valence-corrected chi connectivity index (χ1v) is 9.46. The van der Waals surface area contributed by atoms with Crippen LogP contribution in [0.25, 0.3) is 10.4 Å². The molecule has 0 aliphatic heterocycles. The standard InChI is InChI=1S/C18H19ClN2O2S/c1-23-18(22)20-13-5-2-11(9-13)10-3-6-14-12(8-10)4-7-15-16(14)24-17(19)21-15/h3,6,8,11,13H,2,4-5,7,9H2,1H3,(H,20,22). The summed E-state index contributed by atoms with van der Waals surface area (Å²) >= 11 is 7.66. The number of alkyl carbamates (subject to hydrolysis) is 1. The van der Waals surface area contributed by atoms with Crippen LogP contribution in [0.2, 0.25) is 4.47 Å². The minimum Gasteiger partial charge on any atom is -0.453 e. The number of benzene rings is 1. The Labute approximate surface area is 150 Å². The number of ether oxygens (including phenoxy) is 1. The van der Waals surface area contributed by atoms with E-state index in [9.17, 15) is 4.79 Å². The molecule has 6 heteroatoms. The van der Waals surface area contributed by atoms with E-state index >= 15 is 0 Å². The highest BCUT2D eigenvalue weighted by Gasteiger charge is 2.28. The highest BCUT2D eigenvalue weighted by atomic mass is 35.5. The van der Waals surface area contributed by atoms with E-state index < -0.39 is 0 Å². The van der Waals surface area contributed by atoms with Crippen molar-refractivity contribution in [2.45, 2.75) is 44.1 Å². The van der Waals surface area contributed by atoms with E-state index in [1.54, 1.807) is 11.3 Å². The number of aryl methyl sites for hydroxylation is 2. The first-order valence-electron chi connectivity index (χ1n) is 8.27. The minimum absolute atomic E-state index is 0.213. The number of amides is 1. The number of nitrogens with one attached hydrogen (secondary N) is 1. The van der Waals surface area contributed by atoms with E-state index in [-0.39, 0.29) is 12.1 Å². The third-order valence-corrected chi connectivity index (χ3v) is 6.32. The smallest absolute Gasteiger partial charge is 0.407 e. The molecule has 1 saturated carbocycles. The molecule has 2 aliphatic carbocycles. The Morgan fingerprint density at radius 3 is 3.08 bits per heavy atom. The number of nitrogens with zero attached hydrogens (tertiary/aromatic N) is 1. The van der Waals surface area contributed by atoms with Crippen LogP contribution >= 0.6 is 22.9 Å². The Balaban J connectivity index is 1.54. The molecule has 1 heterocycles. The fraction of sp³-hybridized carbons (Fsp3) is 0.444. The maximum absolute atomic E-state index is 11.4. The van der Waals surface area contributed by atoms with Crippen molar-refractivity contribution in [1.29, 1.82) is 0 Å². The maximum Gasteiger partial charge on any atom is 0.407 e. The van der Waals surface area contributed by atoms with Gasteiger partial charge in [0.2, 0.25) is 0 Å². The van der Waals surface area contributed by atoms with Gasteiger partial charge in [0.1, 0.15) is 0 Å². The number of aromatic nitrogens is 1. The lowest BCUT2D eigenvalue weighted by molar-refractivity contribution is 0.166. The lowest BCUT2D eigenvalue weighted by Gasteiger charge is -2.19. The zero-order valence-corrected chi connectivity index (χ0v) is 15.0. The molecule has 0 spiro atoms. The second-order valence-electron chi connectivity index (χ2n) is 6.50. The monoisotopic (exact) mass is 362 g/mol. The molecule has 0 bridgehead atoms. The molecule has 2 atom stereocenters. The topological polar surface area (TPSA) is 51.2 Å². The van der Waals surface area contributed by atoms with Crippen molar-refractivity contribution in [1.82, 2.24) is 10.3 Å². The van der Waals surface area contributed by atoms with Crippen molar-refractivity contribution in [3.8, 4) is 10.4 Å². The average Bonchev–Trinajstić information content (AvgIpc) is 3.19. The highest BCUT2D eigenvalue weighted by molar-refractivity contribution is 7.19. The van der Waals surface area contributed by atoms with E-state index in [1.807, 2.05) is 0 Å². The van der Waals surface area contributed by atoms with Crippen molar-refractivity contribution < 1.29 is 9.53 Å². The molecule has 1 fully saturated rings. The summed E-state index contributed by atoms with van der Waals surface area (Å²) in [7, 11) is 1.41. The molecule has 4 nitrogen and oxygen atoms in total. The summed E-state index contributed by atoms with van der Waals surface area (Å²) in [4.78, 5) is 17.0. The highest BCUT2D eigenvalue weighted by Crippen LogP contribution is 2.42. The number of halogens is 1. The Bertz CT molecular complexity index is 789. The predicted molar refractivity (Wildman–Crippen MR) is 95.9 cm³/mol. The SMILES string of the molecule is COC(=O)NC1CCC(c2ccc3c(c2)CCc2nc(Cl)sc2-3)C1. The zero-order valence-electron chi connectivity index (χ0n) is 13.5. The molecule has 126 valence electrons. The molecule has 1 amide bonds. The van der Waals surface area contributed by atoms with Gasteiger partial charge >= 0.3 is 6.09 Å². The van der Waals surface area contributed by atoms with Crippen molar-refractivity contribution in [2.24, 2.45) is 0 Å². The lowest BCUT2D eigenvalue weighted by Crippen LogP contribution is -2.32. The van der Waals surface area contributed by atoms with Crippen LogP contribution in [-0.4, -0.2) is 24.2 Å². The summed E-state index contributed by atoms with van der Waals surface area (Å²) in [5.74, 6) is 0.504. The summed E-state index contributed by atoms with van der Waals surface area (Å²) in [6, 6.07) is 7.01. The molecule has 2 aliphatic rings. The normalized spacial score (nSPS) is 21.9. The van der Waals surface area contributed by atoms with Crippen LogP contribution in [-0.2, 0) is 17.6 Å². The number of fused-ring (bicyclic) bond motifs is 3. The Morgan fingerprint density at radius 2 is 2.25 bits per heavy atom. The number of thiazole rings is 1. The summed E-state index contributed by atoms with van der Waals surface area (Å²) in [5.41, 5.74) is 5.19. The van der Waals surface area contributed by atoms with Gasteiger partial charge in [0.05, 0.1) is 17.7 Å². The predicted octanol–water partition coefficient (Wildman–Crippen LogP) is 4.55. The molecule has 2 aromatic rings. The molecule has 2 unspecified atom stereocenters. The Kier molecular flexibility index (Phi) is 4.22. The van der Waals surface area contributed by atoms with Gasteiger partial charge in [-0.3, -0.25) is 0 Å². The van der Waals surface area contributed by atoms with Crippen LogP contribution in [0, 0.1) is 0 Å². The van der Waals surface area contributed by atoms with Gasteiger partial charge in [-0.25, -0.2) is 9.78 Å². The number of rotatable bonds is 2. The number of carbonyl (C=O) groups is 1. The lowest BCUT2D eigenvalue weighted by atomic mass is 9.88. The van der Waals surface area contributed by atoms with Gasteiger partial charge in [-0.2, -0.15) is 0 Å². The van der Waals surface area contributed by atoms with Crippen LogP contribution in [0.1, 0.15) is 42.0 Å². The van der Waals surface area contributed by atoms with E-state index in [0.29, 0.717) is 10.4 Å². The summed E-state index contributed by atoms with van der Waals surface area (Å²) in [6.45, 7) is 0. The summed E-state index contributed by atoms with van der Waals surface area (Å²) < 4.78 is 5.33. The largest absolute Gasteiger partial charge is 0.453 e. The van der Waals surface area contributed by atoms with Crippen LogP contribution in [0.15, 0.2) is 18.2 Å². The summed E-state index contributed by atoms with van der Waals surface area (Å²) in [6.07, 6.45) is 4.74. The van der Waals surface area contributed by atoms with Gasteiger partial charge in [-0.1, -0.05) is 29.8 Å². The van der Waals surface area contributed by atoms with Crippen molar-refractivity contribution in [2.75, 3.05) is 7.11 Å². The molecule has 0 radical (unpaired) electrons. The number of hydrogen-bond donors (Lipinski definition) is 1. The third kappa shape index (κ3) is 2.91. The van der Waals surface area contributed by atoms with E-state index in [0.717, 1.165) is 37.8 Å². The van der Waals surface area contributed by atoms with Crippen LogP contribution in [0.5, 0.6) is 0 Å². The molecular weight excluding hydrogens is 344 g/mol. The third-order valence-electron chi connectivity index (χ3n) is 5.09. The molecule has 1 N–H and O–H groups in total. The van der Waals surface area contributed by atoms with Crippen molar-refractivity contribution >= 4 is 29.0 Å². The number of carbonyl (C=O) groups excluding carboxylic acids is 1. The molecule has 1 aromatic carbocycles. The van der Waals surface area contributed by atoms with Gasteiger partial charge in [-0.05, 0) is 54.7 Å². The van der Waals surface area contributed by atoms with Crippen molar-refractivity contribution in [3.05, 3.63) is 39.5 Å². The molecule has 0 saturated heterocycles. The van der Waals surface area contributed by atoms with Crippen LogP contribution < -0.4 is 5.32 Å². The summed E-state index contributed by atoms with van der Waals surface area (Å²) in [5, 5.41) is 2.92. The molecule has 4 rings (SSSR count). The zero-order chi connectivity index (χ0) is 16.7. The van der Waals surface area contributed by atoms with Crippen LogP contribution in [0.4, 0.5) is 4.79 Å². The van der Waals surface area contributed by atoms with E-state index in [2.05, 4.69) is 28.5 Å². The quantitative estimate of drug-likeness (QED) is 0.852. The first kappa shape index (κ1) is 15.9. The van der Waals surface area contributed by atoms with Gasteiger partial charge in [0, 0.05) is 6.04 Å². The molecule has 1 aromatic heterocycles. The Hall–Kier alpha value is -1.59. The Morgan fingerprint density at radius 1 is 1.38 bits per heavy atom. The number of hydrogen-bond acceptors (Lipinski definition) is 4. The number of methoxy groups -OCH3 is 1. The fourth-order valence-corrected chi connectivity index (χ4v) is 5.12.